The highest BCUT2D eigenvalue weighted by Gasteiger charge is 2.15. The highest BCUT2D eigenvalue weighted by molar-refractivity contribution is 7.71. The van der Waals surface area contributed by atoms with Crippen LogP contribution < -0.4 is 20.3 Å². The summed E-state index contributed by atoms with van der Waals surface area (Å²) in [4.78, 5) is 29.0. The van der Waals surface area contributed by atoms with Gasteiger partial charge in [0.25, 0.3) is 11.5 Å². The van der Waals surface area contributed by atoms with Crippen LogP contribution >= 0.6 is 12.2 Å². The van der Waals surface area contributed by atoms with E-state index < -0.39 is 0 Å². The molecule has 174 valence electrons. The van der Waals surface area contributed by atoms with Crippen LogP contribution in [0.1, 0.15) is 55.5 Å². The first-order valence-electron chi connectivity index (χ1n) is 11.4. The first-order chi connectivity index (χ1) is 16.0. The van der Waals surface area contributed by atoms with E-state index in [0.29, 0.717) is 51.7 Å². The van der Waals surface area contributed by atoms with Crippen LogP contribution in [0.5, 0.6) is 11.5 Å². The molecule has 0 bridgehead atoms. The fourth-order valence-corrected chi connectivity index (χ4v) is 4.30. The molecule has 2 heterocycles. The van der Waals surface area contributed by atoms with Crippen molar-refractivity contribution in [1.29, 1.82) is 0 Å². The predicted octanol–water partition coefficient (Wildman–Crippen LogP) is 4.78. The van der Waals surface area contributed by atoms with Crippen molar-refractivity contribution in [3.05, 3.63) is 62.6 Å². The molecule has 1 amide bonds. The lowest BCUT2D eigenvalue weighted by atomic mass is 9.99. The maximum Gasteiger partial charge on any atom is 0.262 e. The Kier molecular flexibility index (Phi) is 7.13. The third kappa shape index (κ3) is 5.11. The summed E-state index contributed by atoms with van der Waals surface area (Å²) in [5.74, 6) is 1.68. The van der Waals surface area contributed by atoms with Crippen molar-refractivity contribution in [1.82, 2.24) is 14.9 Å². The van der Waals surface area contributed by atoms with Crippen LogP contribution in [0.25, 0.3) is 10.9 Å². The van der Waals surface area contributed by atoms with E-state index in [-0.39, 0.29) is 18.3 Å². The molecule has 8 heteroatoms. The summed E-state index contributed by atoms with van der Waals surface area (Å²) in [6.45, 7) is 5.48. The fraction of sp³-hybridized carbons (Fsp3) is 0.400. The number of carbonyl (C=O) groups is 1. The molecule has 1 aliphatic heterocycles. The van der Waals surface area contributed by atoms with Gasteiger partial charge in [-0.15, -0.1) is 0 Å². The lowest BCUT2D eigenvalue weighted by molar-refractivity contribution is 0.0946. The van der Waals surface area contributed by atoms with E-state index >= 15 is 0 Å². The van der Waals surface area contributed by atoms with Crippen molar-refractivity contribution in [2.24, 2.45) is 5.92 Å². The molecule has 4 rings (SSSR count). The molecule has 0 spiro atoms. The van der Waals surface area contributed by atoms with Gasteiger partial charge in [-0.25, -0.2) is 0 Å². The van der Waals surface area contributed by atoms with Crippen LogP contribution in [0.4, 0.5) is 0 Å². The third-order valence-corrected chi connectivity index (χ3v) is 6.44. The average Bonchev–Trinajstić information content (AvgIpc) is 3.29. The smallest absolute Gasteiger partial charge is 0.262 e. The molecule has 0 saturated carbocycles. The van der Waals surface area contributed by atoms with Gasteiger partial charge in [-0.05, 0) is 60.5 Å². The number of H-pyrrole nitrogens is 1. The van der Waals surface area contributed by atoms with Gasteiger partial charge in [-0.2, -0.15) is 0 Å². The Morgan fingerprint density at radius 2 is 2.00 bits per heavy atom. The summed E-state index contributed by atoms with van der Waals surface area (Å²) in [5.41, 5.74) is 1.73. The molecular formula is C25H29N3O4S. The number of ether oxygens (including phenoxy) is 2. The zero-order chi connectivity index (χ0) is 23.4. The first kappa shape index (κ1) is 23.0. The minimum atomic E-state index is -0.205. The number of hydrogen-bond donors (Lipinski definition) is 2. The van der Waals surface area contributed by atoms with Gasteiger partial charge in [0.05, 0.1) is 17.4 Å². The van der Waals surface area contributed by atoms with E-state index in [9.17, 15) is 9.59 Å². The van der Waals surface area contributed by atoms with Crippen molar-refractivity contribution in [3.8, 4) is 11.5 Å². The Morgan fingerprint density at radius 3 is 2.79 bits per heavy atom. The Bertz CT molecular complexity index is 1280. The molecule has 3 aromatic rings. The topological polar surface area (TPSA) is 85.3 Å². The van der Waals surface area contributed by atoms with Gasteiger partial charge in [0.15, 0.2) is 16.3 Å². The number of fused-ring (bicyclic) bond motifs is 2. The summed E-state index contributed by atoms with van der Waals surface area (Å²) >= 11 is 5.47. The highest BCUT2D eigenvalue weighted by Crippen LogP contribution is 2.32. The lowest BCUT2D eigenvalue weighted by Crippen LogP contribution is -2.29. The zero-order valence-corrected chi connectivity index (χ0v) is 19.8. The van der Waals surface area contributed by atoms with Crippen molar-refractivity contribution >= 4 is 29.0 Å². The lowest BCUT2D eigenvalue weighted by Gasteiger charge is -2.15. The van der Waals surface area contributed by atoms with Crippen LogP contribution in [0.15, 0.2) is 41.2 Å². The predicted molar refractivity (Wildman–Crippen MR) is 131 cm³/mol. The number of unbranched alkanes of at least 4 members (excludes halogenated alkanes) is 1. The molecule has 2 N–H and O–H groups in total. The largest absolute Gasteiger partial charge is 0.454 e. The number of amides is 1. The van der Waals surface area contributed by atoms with E-state index in [1.54, 1.807) is 18.2 Å². The monoisotopic (exact) mass is 467 g/mol. The molecule has 0 fully saturated rings. The van der Waals surface area contributed by atoms with E-state index in [0.717, 1.165) is 24.8 Å². The molecule has 1 aliphatic rings. The van der Waals surface area contributed by atoms with Gasteiger partial charge in [0.2, 0.25) is 6.79 Å². The second kappa shape index (κ2) is 10.2. The van der Waals surface area contributed by atoms with Crippen molar-refractivity contribution in [2.75, 3.05) is 13.3 Å². The standard InChI is InChI=1S/C25H29N3O4S/c1-3-5-6-16(4-2)13-26-23(29)18-8-9-19-20(12-18)27-25(33)28(24(19)30)14-17-7-10-21-22(11-17)32-15-31-21/h7-12,16H,3-6,13-15H2,1-2H3,(H,26,29)(H,27,33)/t16-/m1/s1. The SMILES string of the molecule is CCCC[C@@H](CC)CNC(=O)c1ccc2c(=O)n(Cc3ccc4c(c3)OCO4)c(=S)[nH]c2c1. The number of benzene rings is 2. The number of nitrogens with one attached hydrogen (secondary N) is 2. The quantitative estimate of drug-likeness (QED) is 0.442. The molecule has 1 atom stereocenters. The van der Waals surface area contributed by atoms with E-state index in [2.05, 4.69) is 24.1 Å². The van der Waals surface area contributed by atoms with Gasteiger partial charge in [0, 0.05) is 12.1 Å². The number of aromatic nitrogens is 2. The van der Waals surface area contributed by atoms with Crippen molar-refractivity contribution < 1.29 is 14.3 Å². The summed E-state index contributed by atoms with van der Waals surface area (Å²) in [6, 6.07) is 10.6. The number of nitrogens with zero attached hydrogens (tertiary/aromatic N) is 1. The Labute approximate surface area is 197 Å². The number of hydrogen-bond acceptors (Lipinski definition) is 5. The molecular weight excluding hydrogens is 438 g/mol. The average molecular weight is 468 g/mol. The molecule has 0 radical (unpaired) electrons. The Morgan fingerprint density at radius 1 is 1.18 bits per heavy atom. The van der Waals surface area contributed by atoms with E-state index in [1.165, 1.54) is 11.0 Å². The summed E-state index contributed by atoms with van der Waals surface area (Å²) in [7, 11) is 0. The number of aromatic amines is 1. The molecule has 33 heavy (non-hydrogen) atoms. The van der Waals surface area contributed by atoms with Crippen LogP contribution in [0.3, 0.4) is 0 Å². The van der Waals surface area contributed by atoms with Gasteiger partial charge >= 0.3 is 0 Å². The summed E-state index contributed by atoms with van der Waals surface area (Å²) < 4.78 is 12.6. The van der Waals surface area contributed by atoms with Crippen LogP contribution in [-0.4, -0.2) is 28.8 Å². The second-order valence-corrected chi connectivity index (χ2v) is 8.78. The summed E-state index contributed by atoms with van der Waals surface area (Å²) in [6.07, 6.45) is 4.47. The minimum Gasteiger partial charge on any atom is -0.454 e. The van der Waals surface area contributed by atoms with Crippen LogP contribution in [-0.2, 0) is 6.54 Å². The molecule has 0 saturated heterocycles. The number of carbonyl (C=O) groups excluding carboxylic acids is 1. The fourth-order valence-electron chi connectivity index (χ4n) is 4.04. The normalized spacial score (nSPS) is 13.3. The molecule has 0 unspecified atom stereocenters. The summed E-state index contributed by atoms with van der Waals surface area (Å²) in [5, 5.41) is 3.51. The maximum absolute atomic E-state index is 13.1. The molecule has 2 aromatic carbocycles. The first-order valence-corrected chi connectivity index (χ1v) is 11.8. The van der Waals surface area contributed by atoms with Crippen LogP contribution in [0, 0.1) is 10.7 Å². The number of rotatable bonds is 9. The van der Waals surface area contributed by atoms with Gasteiger partial charge in [-0.1, -0.05) is 39.2 Å². The highest BCUT2D eigenvalue weighted by atomic mass is 32.1. The second-order valence-electron chi connectivity index (χ2n) is 8.40. The van der Waals surface area contributed by atoms with Gasteiger partial charge in [-0.3, -0.25) is 14.2 Å². The van der Waals surface area contributed by atoms with Gasteiger partial charge in [0.1, 0.15) is 0 Å². The van der Waals surface area contributed by atoms with Crippen molar-refractivity contribution in [3.63, 3.8) is 0 Å². The van der Waals surface area contributed by atoms with E-state index in [1.807, 2.05) is 18.2 Å². The van der Waals surface area contributed by atoms with Crippen LogP contribution in [0.2, 0.25) is 0 Å². The minimum absolute atomic E-state index is 0.143. The third-order valence-electron chi connectivity index (χ3n) is 6.12. The van der Waals surface area contributed by atoms with Crippen molar-refractivity contribution in [2.45, 2.75) is 46.1 Å². The molecule has 0 aliphatic carbocycles. The maximum atomic E-state index is 13.1. The Balaban J connectivity index is 1.54. The molecule has 1 aromatic heterocycles. The Hall–Kier alpha value is -3.13. The molecule has 7 nitrogen and oxygen atoms in total. The van der Waals surface area contributed by atoms with E-state index in [4.69, 9.17) is 21.7 Å². The van der Waals surface area contributed by atoms with Gasteiger partial charge < -0.3 is 19.8 Å². The zero-order valence-electron chi connectivity index (χ0n) is 19.0.